The van der Waals surface area contributed by atoms with Crippen LogP contribution >= 0.6 is 0 Å². The highest BCUT2D eigenvalue weighted by atomic mass is 15.0. The Morgan fingerprint density at radius 3 is 2.18 bits per heavy atom. The summed E-state index contributed by atoms with van der Waals surface area (Å²) in [6.45, 7) is 15.7. The molecule has 0 spiro atoms. The fraction of sp³-hybridized carbons (Fsp3) is 0.167. The summed E-state index contributed by atoms with van der Waals surface area (Å²) in [5.74, 6) is 0. The molecule has 246 valence electrons. The maximum absolute atomic E-state index is 4.28. The van der Waals surface area contributed by atoms with E-state index in [0.29, 0.717) is 0 Å². The van der Waals surface area contributed by atoms with E-state index >= 15 is 0 Å². The van der Waals surface area contributed by atoms with Gasteiger partial charge in [0.1, 0.15) is 0 Å². The number of hydrogen-bond donors (Lipinski definition) is 0. The van der Waals surface area contributed by atoms with Crippen LogP contribution in [0.2, 0.25) is 0 Å². The van der Waals surface area contributed by atoms with E-state index in [1.807, 2.05) is 6.08 Å². The summed E-state index contributed by atoms with van der Waals surface area (Å²) in [6, 6.07) is 33.4. The SMILES string of the molecule is C=Cc1c(/C=C(\C)c2ccc3c(c2)c2cc4c(cc2n3-c2ccccc2)C(C)(C)C2=CC=CC=C4C2)c(/C=C\CC)c(C)n1-c1ccccc1. The number of rotatable bonds is 7. The number of nitrogens with zero attached hydrogens (tertiary/aromatic N) is 2. The van der Waals surface area contributed by atoms with E-state index in [2.05, 4.69) is 184 Å². The second kappa shape index (κ2) is 12.4. The molecular formula is C48H44N2. The molecule has 0 saturated carbocycles. The Labute approximate surface area is 296 Å². The van der Waals surface area contributed by atoms with E-state index in [4.69, 9.17) is 0 Å². The highest BCUT2D eigenvalue weighted by Crippen LogP contribution is 2.49. The zero-order chi connectivity index (χ0) is 34.6. The molecule has 2 aliphatic carbocycles. The van der Waals surface area contributed by atoms with Gasteiger partial charge >= 0.3 is 0 Å². The highest BCUT2D eigenvalue weighted by Gasteiger charge is 2.35. The monoisotopic (exact) mass is 648 g/mol. The van der Waals surface area contributed by atoms with Gasteiger partial charge in [0, 0.05) is 44.4 Å². The minimum Gasteiger partial charge on any atom is -0.313 e. The molecule has 6 aromatic rings. The first-order valence-electron chi connectivity index (χ1n) is 17.9. The van der Waals surface area contributed by atoms with E-state index in [1.165, 1.54) is 77.7 Å². The third kappa shape index (κ3) is 5.01. The first-order valence-corrected chi connectivity index (χ1v) is 17.9. The molecule has 2 nitrogen and oxygen atoms in total. The molecule has 0 amide bonds. The number of benzene rings is 4. The van der Waals surface area contributed by atoms with Gasteiger partial charge in [-0.05, 0) is 115 Å². The molecule has 0 fully saturated rings. The third-order valence-corrected chi connectivity index (χ3v) is 10.9. The summed E-state index contributed by atoms with van der Waals surface area (Å²) >= 11 is 0. The molecule has 2 bridgehead atoms. The van der Waals surface area contributed by atoms with E-state index in [-0.39, 0.29) is 5.41 Å². The van der Waals surface area contributed by atoms with Gasteiger partial charge in [0.05, 0.1) is 16.7 Å². The molecule has 0 saturated heterocycles. The van der Waals surface area contributed by atoms with Crippen LogP contribution < -0.4 is 0 Å². The molecule has 4 aromatic carbocycles. The molecule has 2 aliphatic rings. The lowest BCUT2D eigenvalue weighted by molar-refractivity contribution is 0.599. The zero-order valence-corrected chi connectivity index (χ0v) is 29.8. The lowest BCUT2D eigenvalue weighted by Crippen LogP contribution is -2.26. The molecule has 50 heavy (non-hydrogen) atoms. The van der Waals surface area contributed by atoms with Crippen molar-refractivity contribution in [3.8, 4) is 11.4 Å². The van der Waals surface area contributed by atoms with Crippen molar-refractivity contribution in [2.75, 3.05) is 0 Å². The third-order valence-electron chi connectivity index (χ3n) is 10.9. The number of allylic oxidation sites excluding steroid dienone is 8. The molecule has 2 aromatic heterocycles. The van der Waals surface area contributed by atoms with Crippen molar-refractivity contribution in [1.29, 1.82) is 0 Å². The number of para-hydroxylation sites is 2. The van der Waals surface area contributed by atoms with Gasteiger partial charge in [-0.25, -0.2) is 0 Å². The first kappa shape index (κ1) is 31.7. The smallest absolute Gasteiger partial charge is 0.0544 e. The molecule has 2 heterocycles. The topological polar surface area (TPSA) is 9.86 Å². The van der Waals surface area contributed by atoms with Gasteiger partial charge < -0.3 is 9.13 Å². The summed E-state index contributed by atoms with van der Waals surface area (Å²) in [5.41, 5.74) is 17.6. The Kier molecular flexibility index (Phi) is 7.84. The van der Waals surface area contributed by atoms with Crippen LogP contribution in [-0.4, -0.2) is 9.13 Å². The summed E-state index contributed by atoms with van der Waals surface area (Å²) < 4.78 is 4.79. The van der Waals surface area contributed by atoms with Crippen LogP contribution in [0.25, 0.3) is 62.6 Å². The van der Waals surface area contributed by atoms with Crippen molar-refractivity contribution in [2.24, 2.45) is 0 Å². The maximum atomic E-state index is 4.28. The van der Waals surface area contributed by atoms with E-state index in [9.17, 15) is 0 Å². The van der Waals surface area contributed by atoms with Crippen LogP contribution in [0.3, 0.4) is 0 Å². The van der Waals surface area contributed by atoms with E-state index < -0.39 is 0 Å². The maximum Gasteiger partial charge on any atom is 0.0544 e. The number of aromatic nitrogens is 2. The predicted molar refractivity (Wildman–Crippen MR) is 217 cm³/mol. The van der Waals surface area contributed by atoms with Gasteiger partial charge in [-0.15, -0.1) is 0 Å². The minimum atomic E-state index is -0.0565. The second-order valence-electron chi connectivity index (χ2n) is 14.2. The lowest BCUT2D eigenvalue weighted by atomic mass is 9.67. The van der Waals surface area contributed by atoms with Gasteiger partial charge in [-0.1, -0.05) is 112 Å². The van der Waals surface area contributed by atoms with Crippen LogP contribution in [0.5, 0.6) is 0 Å². The largest absolute Gasteiger partial charge is 0.313 e. The van der Waals surface area contributed by atoms with Crippen molar-refractivity contribution in [3.63, 3.8) is 0 Å². The normalized spacial score (nSPS) is 15.3. The molecule has 0 unspecified atom stereocenters. The van der Waals surface area contributed by atoms with Crippen molar-refractivity contribution in [3.05, 3.63) is 173 Å². The molecule has 2 heteroatoms. The predicted octanol–water partition coefficient (Wildman–Crippen LogP) is 13.1. The Bertz CT molecular complexity index is 2470. The Morgan fingerprint density at radius 1 is 0.800 bits per heavy atom. The molecule has 0 radical (unpaired) electrons. The van der Waals surface area contributed by atoms with Crippen LogP contribution in [0, 0.1) is 6.92 Å². The minimum absolute atomic E-state index is 0.0565. The molecular weight excluding hydrogens is 605 g/mol. The summed E-state index contributed by atoms with van der Waals surface area (Å²) in [4.78, 5) is 0. The van der Waals surface area contributed by atoms with Crippen molar-refractivity contribution < 1.29 is 0 Å². The number of fused-ring (bicyclic) bond motifs is 7. The van der Waals surface area contributed by atoms with Crippen molar-refractivity contribution in [2.45, 2.75) is 52.9 Å². The number of hydrogen-bond acceptors (Lipinski definition) is 0. The summed E-state index contributed by atoms with van der Waals surface area (Å²) in [7, 11) is 0. The quantitative estimate of drug-likeness (QED) is 0.163. The van der Waals surface area contributed by atoms with Crippen molar-refractivity contribution >= 4 is 51.2 Å². The van der Waals surface area contributed by atoms with Gasteiger partial charge in [0.15, 0.2) is 0 Å². The average Bonchev–Trinajstić information content (AvgIpc) is 3.45. The second-order valence-corrected chi connectivity index (χ2v) is 14.2. The molecule has 0 atom stereocenters. The fourth-order valence-electron chi connectivity index (χ4n) is 8.17. The highest BCUT2D eigenvalue weighted by molar-refractivity contribution is 6.12. The Hall–Kier alpha value is -5.60. The van der Waals surface area contributed by atoms with Gasteiger partial charge in [0.25, 0.3) is 0 Å². The fourth-order valence-corrected chi connectivity index (χ4v) is 8.17. The van der Waals surface area contributed by atoms with Crippen LogP contribution in [0.4, 0.5) is 0 Å². The molecule has 8 rings (SSSR count). The van der Waals surface area contributed by atoms with Crippen molar-refractivity contribution in [1.82, 2.24) is 9.13 Å². The average molecular weight is 649 g/mol. The summed E-state index contributed by atoms with van der Waals surface area (Å²) in [6.07, 6.45) is 19.9. The Morgan fingerprint density at radius 2 is 1.48 bits per heavy atom. The van der Waals surface area contributed by atoms with Crippen LogP contribution in [0.1, 0.15) is 79.7 Å². The van der Waals surface area contributed by atoms with E-state index in [0.717, 1.165) is 24.2 Å². The Balaban J connectivity index is 1.36. The van der Waals surface area contributed by atoms with Gasteiger partial charge in [-0.2, -0.15) is 0 Å². The zero-order valence-electron chi connectivity index (χ0n) is 29.8. The lowest BCUT2D eigenvalue weighted by Gasteiger charge is -2.36. The standard InChI is InChI=1S/C48H44N2/c1-7-9-24-39-33(4)49(37-20-12-10-13-21-37)45(8-2)41(39)27-32(3)34-25-26-46-42(29-34)43-30-40-35-18-16-17-19-36(28-35)48(5,6)44(40)31-47(43)50(46)38-22-14-11-15-23-38/h8-27,29-31H,2,7,28H2,1,3-6H3/b24-9-,32-27+. The van der Waals surface area contributed by atoms with Gasteiger partial charge in [-0.3, -0.25) is 0 Å². The first-order chi connectivity index (χ1) is 24.3. The molecule has 0 aliphatic heterocycles. The van der Waals surface area contributed by atoms with Crippen LogP contribution in [-0.2, 0) is 5.41 Å². The molecule has 0 N–H and O–H groups in total. The van der Waals surface area contributed by atoms with E-state index in [1.54, 1.807) is 0 Å². The van der Waals surface area contributed by atoms with Gasteiger partial charge in [0.2, 0.25) is 0 Å². The summed E-state index contributed by atoms with van der Waals surface area (Å²) in [5, 5.41) is 2.56. The van der Waals surface area contributed by atoms with Crippen LogP contribution in [0.15, 0.2) is 134 Å².